The van der Waals surface area contributed by atoms with E-state index in [-0.39, 0.29) is 31.5 Å². The van der Waals surface area contributed by atoms with E-state index in [1.165, 1.54) is 19.3 Å². The lowest BCUT2D eigenvalue weighted by molar-refractivity contribution is -0.144. The van der Waals surface area contributed by atoms with Crippen LogP contribution in [0, 0.1) is 5.92 Å². The highest BCUT2D eigenvalue weighted by molar-refractivity contribution is 5.77. The van der Waals surface area contributed by atoms with Gasteiger partial charge in [-0.1, -0.05) is 19.3 Å². The molecule has 1 saturated carbocycles. The van der Waals surface area contributed by atoms with Crippen molar-refractivity contribution in [1.29, 1.82) is 0 Å². The van der Waals surface area contributed by atoms with Crippen LogP contribution in [0.2, 0.25) is 0 Å². The van der Waals surface area contributed by atoms with Crippen molar-refractivity contribution in [3.63, 3.8) is 0 Å². The second-order valence-electron chi connectivity index (χ2n) is 5.98. The Kier molecular flexibility index (Phi) is 10.6. The molecule has 6 nitrogen and oxygen atoms in total. The number of esters is 1. The van der Waals surface area contributed by atoms with E-state index in [0.717, 1.165) is 12.8 Å². The molecule has 0 bridgehead atoms. The van der Waals surface area contributed by atoms with E-state index < -0.39 is 0 Å². The molecule has 0 radical (unpaired) electrons. The highest BCUT2D eigenvalue weighted by Gasteiger charge is 2.21. The second-order valence-corrected chi connectivity index (χ2v) is 5.98. The van der Waals surface area contributed by atoms with Gasteiger partial charge in [0.25, 0.3) is 0 Å². The van der Waals surface area contributed by atoms with Crippen molar-refractivity contribution in [1.82, 2.24) is 4.90 Å². The van der Waals surface area contributed by atoms with Crippen LogP contribution in [0.4, 0.5) is 0 Å². The topological polar surface area (TPSA) is 76.1 Å². The number of rotatable bonds is 11. The quantitative estimate of drug-likeness (QED) is 0.462. The van der Waals surface area contributed by atoms with E-state index in [2.05, 4.69) is 0 Å². The van der Waals surface area contributed by atoms with Gasteiger partial charge in [-0.05, 0) is 25.7 Å². The number of amides is 1. The van der Waals surface area contributed by atoms with Gasteiger partial charge in [-0.2, -0.15) is 0 Å². The molecule has 0 spiro atoms. The first-order chi connectivity index (χ1) is 11.2. The molecular formula is C17H31NO5. The Morgan fingerprint density at radius 2 is 1.87 bits per heavy atom. The van der Waals surface area contributed by atoms with E-state index in [1.54, 1.807) is 11.8 Å². The van der Waals surface area contributed by atoms with E-state index in [9.17, 15) is 9.59 Å². The summed E-state index contributed by atoms with van der Waals surface area (Å²) in [4.78, 5) is 25.7. The van der Waals surface area contributed by atoms with Crippen LogP contribution in [-0.2, 0) is 19.1 Å². The van der Waals surface area contributed by atoms with Crippen LogP contribution in [-0.4, -0.2) is 61.4 Å². The average molecular weight is 329 g/mol. The third kappa shape index (κ3) is 8.91. The number of carbonyl (C=O) groups excluding carboxylic acids is 2. The molecule has 0 aromatic carbocycles. The van der Waals surface area contributed by atoms with Gasteiger partial charge in [0.1, 0.15) is 0 Å². The number of nitrogens with zero attached hydrogens (tertiary/aromatic N) is 1. The van der Waals surface area contributed by atoms with Crippen LogP contribution in [0.25, 0.3) is 0 Å². The monoisotopic (exact) mass is 329 g/mol. The summed E-state index contributed by atoms with van der Waals surface area (Å²) >= 11 is 0. The maximum absolute atomic E-state index is 12.5. The van der Waals surface area contributed by atoms with E-state index in [0.29, 0.717) is 38.6 Å². The SMILES string of the molecule is CCOC(=O)CCN(CCOCCO)C(=O)CC1CCCCC1. The standard InChI is InChI=1S/C17H31NO5/c1-2-23-17(21)8-9-18(10-12-22-13-11-19)16(20)14-15-6-4-3-5-7-15/h15,19H,2-14H2,1H3. The first-order valence-electron chi connectivity index (χ1n) is 8.79. The zero-order valence-corrected chi connectivity index (χ0v) is 14.3. The first-order valence-corrected chi connectivity index (χ1v) is 8.79. The van der Waals surface area contributed by atoms with Crippen molar-refractivity contribution in [2.45, 2.75) is 51.9 Å². The molecule has 0 aromatic heterocycles. The smallest absolute Gasteiger partial charge is 0.307 e. The summed E-state index contributed by atoms with van der Waals surface area (Å²) in [6, 6.07) is 0. The number of ether oxygens (including phenoxy) is 2. The summed E-state index contributed by atoms with van der Waals surface area (Å²) in [6.45, 7) is 3.56. The number of carbonyl (C=O) groups is 2. The van der Waals surface area contributed by atoms with Gasteiger partial charge >= 0.3 is 5.97 Å². The van der Waals surface area contributed by atoms with Gasteiger partial charge in [-0.25, -0.2) is 0 Å². The molecule has 134 valence electrons. The Bertz CT molecular complexity index is 342. The first kappa shape index (κ1) is 19.9. The third-order valence-electron chi connectivity index (χ3n) is 4.17. The maximum Gasteiger partial charge on any atom is 0.307 e. The molecule has 1 aliphatic rings. The summed E-state index contributed by atoms with van der Waals surface area (Å²) in [5, 5.41) is 8.73. The highest BCUT2D eigenvalue weighted by Crippen LogP contribution is 2.26. The lowest BCUT2D eigenvalue weighted by Crippen LogP contribution is -2.37. The molecule has 0 atom stereocenters. The molecule has 0 heterocycles. The summed E-state index contributed by atoms with van der Waals surface area (Å²) in [7, 11) is 0. The minimum Gasteiger partial charge on any atom is -0.466 e. The van der Waals surface area contributed by atoms with Crippen LogP contribution < -0.4 is 0 Å². The van der Waals surface area contributed by atoms with Crippen molar-refractivity contribution in [2.24, 2.45) is 5.92 Å². The summed E-state index contributed by atoms with van der Waals surface area (Å²) in [6.07, 6.45) is 6.71. The van der Waals surface area contributed by atoms with Crippen molar-refractivity contribution in [3.8, 4) is 0 Å². The second kappa shape index (κ2) is 12.3. The van der Waals surface area contributed by atoms with Crippen LogP contribution >= 0.6 is 0 Å². The molecule has 1 N–H and O–H groups in total. The van der Waals surface area contributed by atoms with Gasteiger partial charge < -0.3 is 19.5 Å². The Labute approximate surface area is 139 Å². The maximum atomic E-state index is 12.5. The van der Waals surface area contributed by atoms with Gasteiger partial charge in [0.05, 0.1) is 32.8 Å². The average Bonchev–Trinajstić information content (AvgIpc) is 2.55. The summed E-state index contributed by atoms with van der Waals surface area (Å²) in [5.41, 5.74) is 0. The fourth-order valence-electron chi connectivity index (χ4n) is 2.93. The third-order valence-corrected chi connectivity index (χ3v) is 4.17. The minimum atomic E-state index is -0.278. The Morgan fingerprint density at radius 1 is 1.13 bits per heavy atom. The molecule has 6 heteroatoms. The van der Waals surface area contributed by atoms with Crippen molar-refractivity contribution >= 4 is 11.9 Å². The number of hydrogen-bond acceptors (Lipinski definition) is 5. The fourth-order valence-corrected chi connectivity index (χ4v) is 2.93. The van der Waals surface area contributed by atoms with E-state index >= 15 is 0 Å². The summed E-state index contributed by atoms with van der Waals surface area (Å²) in [5.74, 6) is 0.285. The largest absolute Gasteiger partial charge is 0.466 e. The van der Waals surface area contributed by atoms with Gasteiger partial charge in [0.2, 0.25) is 5.91 Å². The molecule has 1 fully saturated rings. The minimum absolute atomic E-state index is 0.0289. The van der Waals surface area contributed by atoms with E-state index in [1.807, 2.05) is 0 Å². The van der Waals surface area contributed by atoms with Crippen LogP contribution in [0.3, 0.4) is 0 Å². The zero-order valence-electron chi connectivity index (χ0n) is 14.3. The molecule has 0 aromatic rings. The van der Waals surface area contributed by atoms with Crippen molar-refractivity contribution in [3.05, 3.63) is 0 Å². The predicted molar refractivity (Wildman–Crippen MR) is 86.9 cm³/mol. The molecule has 1 aliphatic carbocycles. The Hall–Kier alpha value is -1.14. The van der Waals surface area contributed by atoms with Gasteiger partial charge in [-0.3, -0.25) is 9.59 Å². The molecule has 1 rings (SSSR count). The normalized spacial score (nSPS) is 15.4. The Balaban J connectivity index is 2.42. The van der Waals surface area contributed by atoms with Crippen LogP contribution in [0.1, 0.15) is 51.9 Å². The molecule has 0 aliphatic heterocycles. The molecule has 0 saturated heterocycles. The fraction of sp³-hybridized carbons (Fsp3) is 0.882. The van der Waals surface area contributed by atoms with Crippen LogP contribution in [0.5, 0.6) is 0 Å². The molecular weight excluding hydrogens is 298 g/mol. The molecule has 1 amide bonds. The zero-order chi connectivity index (χ0) is 16.9. The highest BCUT2D eigenvalue weighted by atomic mass is 16.5. The van der Waals surface area contributed by atoms with Gasteiger partial charge in [0.15, 0.2) is 0 Å². The van der Waals surface area contributed by atoms with Crippen LogP contribution in [0.15, 0.2) is 0 Å². The van der Waals surface area contributed by atoms with Crippen molar-refractivity contribution < 1.29 is 24.2 Å². The summed E-state index contributed by atoms with van der Waals surface area (Å²) < 4.78 is 10.2. The molecule has 23 heavy (non-hydrogen) atoms. The van der Waals surface area contributed by atoms with Crippen molar-refractivity contribution in [2.75, 3.05) is 39.5 Å². The number of hydrogen-bond donors (Lipinski definition) is 1. The number of aliphatic hydroxyl groups is 1. The number of aliphatic hydroxyl groups excluding tert-OH is 1. The lowest BCUT2D eigenvalue weighted by Gasteiger charge is -2.26. The van der Waals surface area contributed by atoms with E-state index in [4.69, 9.17) is 14.6 Å². The Morgan fingerprint density at radius 3 is 2.52 bits per heavy atom. The van der Waals surface area contributed by atoms with Gasteiger partial charge in [-0.15, -0.1) is 0 Å². The lowest BCUT2D eigenvalue weighted by atomic mass is 9.86. The molecule has 0 unspecified atom stereocenters. The van der Waals surface area contributed by atoms with Gasteiger partial charge in [0, 0.05) is 19.5 Å². The predicted octanol–water partition coefficient (Wildman–Crippen LogP) is 1.75.